The van der Waals surface area contributed by atoms with E-state index >= 15 is 0 Å². The van der Waals surface area contributed by atoms with E-state index in [1.54, 1.807) is 24.3 Å². The molecule has 2 aromatic carbocycles. The maximum absolute atomic E-state index is 13.5. The first kappa shape index (κ1) is 25.7. The van der Waals surface area contributed by atoms with E-state index in [-0.39, 0.29) is 23.2 Å². The SMILES string of the molecule is CC(=O)C(=O)N1c2ccccc2N(CC(=O)N[C@H](C=O)CC(=O)O)C(=O)C1NC(=O)c1ccccc1. The summed E-state index contributed by atoms with van der Waals surface area (Å²) < 4.78 is 0. The maximum atomic E-state index is 13.5. The first-order valence-electron chi connectivity index (χ1n) is 10.7. The number of ketones is 1. The van der Waals surface area contributed by atoms with Gasteiger partial charge in [0.25, 0.3) is 17.7 Å². The lowest BCUT2D eigenvalue weighted by Crippen LogP contribution is -2.64. The van der Waals surface area contributed by atoms with E-state index in [0.717, 1.165) is 16.7 Å². The summed E-state index contributed by atoms with van der Waals surface area (Å²) in [5, 5.41) is 13.6. The normalized spacial score (nSPS) is 15.4. The number of carbonyl (C=O) groups excluding carboxylic acids is 6. The van der Waals surface area contributed by atoms with Gasteiger partial charge in [0.05, 0.1) is 23.8 Å². The minimum Gasteiger partial charge on any atom is -0.481 e. The van der Waals surface area contributed by atoms with E-state index in [1.165, 1.54) is 30.3 Å². The summed E-state index contributed by atoms with van der Waals surface area (Å²) in [6.07, 6.45) is -2.07. The van der Waals surface area contributed by atoms with Crippen LogP contribution in [0.15, 0.2) is 54.6 Å². The third-order valence-electron chi connectivity index (χ3n) is 5.22. The zero-order chi connectivity index (χ0) is 26.4. The van der Waals surface area contributed by atoms with Crippen LogP contribution in [0.1, 0.15) is 23.7 Å². The van der Waals surface area contributed by atoms with Crippen molar-refractivity contribution >= 4 is 53.0 Å². The van der Waals surface area contributed by atoms with Crippen LogP contribution in [0, 0.1) is 0 Å². The molecular weight excluding hydrogens is 472 g/mol. The number of nitrogens with one attached hydrogen (secondary N) is 2. The minimum atomic E-state index is -1.67. The van der Waals surface area contributed by atoms with Crippen LogP contribution in [0.3, 0.4) is 0 Å². The summed E-state index contributed by atoms with van der Waals surface area (Å²) in [5.74, 6) is -5.71. The van der Waals surface area contributed by atoms with Crippen molar-refractivity contribution in [2.45, 2.75) is 25.6 Å². The Bertz CT molecular complexity index is 1230. The van der Waals surface area contributed by atoms with Crippen molar-refractivity contribution in [3.05, 3.63) is 60.2 Å². The van der Waals surface area contributed by atoms with E-state index in [2.05, 4.69) is 10.6 Å². The molecule has 0 spiro atoms. The monoisotopic (exact) mass is 494 g/mol. The average Bonchev–Trinajstić information content (AvgIpc) is 2.85. The molecule has 12 heteroatoms. The Hall–Kier alpha value is -4.87. The number of carbonyl (C=O) groups is 7. The molecule has 0 fully saturated rings. The first-order valence-corrected chi connectivity index (χ1v) is 10.7. The molecule has 2 aromatic rings. The fraction of sp³-hybridized carbons (Fsp3) is 0.208. The number of aldehydes is 1. The van der Waals surface area contributed by atoms with Gasteiger partial charge in [-0.25, -0.2) is 0 Å². The van der Waals surface area contributed by atoms with Gasteiger partial charge in [-0.15, -0.1) is 0 Å². The van der Waals surface area contributed by atoms with Gasteiger partial charge >= 0.3 is 5.97 Å². The average molecular weight is 494 g/mol. The number of rotatable bonds is 9. The van der Waals surface area contributed by atoms with Gasteiger partial charge in [-0.3, -0.25) is 38.6 Å². The predicted molar refractivity (Wildman–Crippen MR) is 125 cm³/mol. The van der Waals surface area contributed by atoms with Gasteiger partial charge < -0.3 is 20.5 Å². The van der Waals surface area contributed by atoms with Gasteiger partial charge in [0, 0.05) is 12.5 Å². The van der Waals surface area contributed by atoms with Gasteiger partial charge in [0.2, 0.25) is 11.7 Å². The lowest BCUT2D eigenvalue weighted by atomic mass is 10.1. The maximum Gasteiger partial charge on any atom is 0.305 e. The van der Waals surface area contributed by atoms with Gasteiger partial charge in [-0.05, 0) is 24.3 Å². The number of benzene rings is 2. The number of carboxylic acids is 1. The molecule has 4 amide bonds. The fourth-order valence-electron chi connectivity index (χ4n) is 3.61. The number of carboxylic acid groups (broad SMARTS) is 1. The number of Topliss-reactive ketones (excluding diaryl/α,β-unsaturated/α-hetero) is 1. The van der Waals surface area contributed by atoms with Crippen LogP contribution >= 0.6 is 0 Å². The van der Waals surface area contributed by atoms with Gasteiger partial charge in [0.15, 0.2) is 6.17 Å². The predicted octanol–water partition coefficient (Wildman–Crippen LogP) is -0.130. The fourth-order valence-corrected chi connectivity index (χ4v) is 3.61. The molecule has 0 aliphatic carbocycles. The van der Waals surface area contributed by atoms with Crippen molar-refractivity contribution in [2.75, 3.05) is 16.3 Å². The molecule has 0 radical (unpaired) electrons. The van der Waals surface area contributed by atoms with E-state index in [4.69, 9.17) is 5.11 Å². The molecule has 3 N–H and O–H groups in total. The highest BCUT2D eigenvalue weighted by molar-refractivity contribution is 6.42. The van der Waals surface area contributed by atoms with Crippen LogP contribution in [0.4, 0.5) is 11.4 Å². The molecule has 12 nitrogen and oxygen atoms in total. The second kappa shape index (κ2) is 11.0. The van der Waals surface area contributed by atoms with E-state index < -0.39 is 60.6 Å². The van der Waals surface area contributed by atoms with Crippen molar-refractivity contribution in [1.29, 1.82) is 0 Å². The number of aliphatic carboxylic acids is 1. The molecule has 1 aliphatic heterocycles. The number of hydrogen-bond acceptors (Lipinski definition) is 7. The van der Waals surface area contributed by atoms with Gasteiger partial charge in [-0.1, -0.05) is 30.3 Å². The number of para-hydroxylation sites is 2. The van der Waals surface area contributed by atoms with E-state index in [0.29, 0.717) is 0 Å². The Morgan fingerprint density at radius 2 is 1.61 bits per heavy atom. The lowest BCUT2D eigenvalue weighted by Gasteiger charge is -2.41. The highest BCUT2D eigenvalue weighted by Gasteiger charge is 2.44. The zero-order valence-electron chi connectivity index (χ0n) is 19.0. The van der Waals surface area contributed by atoms with Crippen LogP contribution in [-0.2, 0) is 28.8 Å². The largest absolute Gasteiger partial charge is 0.481 e. The third-order valence-corrected chi connectivity index (χ3v) is 5.22. The number of fused-ring (bicyclic) bond motifs is 1. The second-order valence-corrected chi connectivity index (χ2v) is 7.79. The summed E-state index contributed by atoms with van der Waals surface area (Å²) in [5.41, 5.74) is 0.366. The number of hydrogen-bond donors (Lipinski definition) is 3. The lowest BCUT2D eigenvalue weighted by molar-refractivity contribution is -0.139. The quantitative estimate of drug-likeness (QED) is 0.320. The van der Waals surface area contributed by atoms with Crippen LogP contribution in [0.5, 0.6) is 0 Å². The Labute approximate surface area is 204 Å². The summed E-state index contributed by atoms with van der Waals surface area (Å²) >= 11 is 0. The molecule has 3 rings (SSSR count). The molecule has 1 heterocycles. The van der Waals surface area contributed by atoms with Crippen molar-refractivity contribution < 1.29 is 38.7 Å². The Morgan fingerprint density at radius 3 is 2.19 bits per heavy atom. The molecule has 0 bridgehead atoms. The Kier molecular flexibility index (Phi) is 7.89. The third kappa shape index (κ3) is 5.60. The molecule has 36 heavy (non-hydrogen) atoms. The smallest absolute Gasteiger partial charge is 0.305 e. The van der Waals surface area contributed by atoms with Crippen LogP contribution in [0.2, 0.25) is 0 Å². The second-order valence-electron chi connectivity index (χ2n) is 7.79. The van der Waals surface area contributed by atoms with Crippen molar-refractivity contribution in [2.24, 2.45) is 0 Å². The summed E-state index contributed by atoms with van der Waals surface area (Å²) in [6, 6.07) is 12.5. The van der Waals surface area contributed by atoms with Gasteiger partial charge in [-0.2, -0.15) is 0 Å². The first-order chi connectivity index (χ1) is 17.1. The van der Waals surface area contributed by atoms with Crippen LogP contribution in [-0.4, -0.2) is 65.5 Å². The number of anilines is 2. The van der Waals surface area contributed by atoms with E-state index in [9.17, 15) is 33.6 Å². The molecular formula is C24H22N4O8. The molecule has 0 saturated heterocycles. The molecule has 0 aromatic heterocycles. The molecule has 186 valence electrons. The Morgan fingerprint density at radius 1 is 1.00 bits per heavy atom. The van der Waals surface area contributed by atoms with Crippen LogP contribution in [0.25, 0.3) is 0 Å². The van der Waals surface area contributed by atoms with Crippen molar-refractivity contribution in [3.63, 3.8) is 0 Å². The highest BCUT2D eigenvalue weighted by Crippen LogP contribution is 2.35. The minimum absolute atomic E-state index is 0.0842. The number of nitrogens with zero attached hydrogens (tertiary/aromatic N) is 2. The Balaban J connectivity index is 1.99. The zero-order valence-corrected chi connectivity index (χ0v) is 19.0. The molecule has 2 atom stereocenters. The summed E-state index contributed by atoms with van der Waals surface area (Å²) in [4.78, 5) is 87.7. The van der Waals surface area contributed by atoms with Crippen molar-refractivity contribution in [1.82, 2.24) is 10.6 Å². The summed E-state index contributed by atoms with van der Waals surface area (Å²) in [7, 11) is 0. The molecule has 1 unspecified atom stereocenters. The molecule has 1 aliphatic rings. The standard InChI is InChI=1S/C24H22N4O8/c1-14(30)23(35)28-18-10-6-5-9-17(18)27(12-19(31)25-16(13-29)11-20(32)33)24(36)21(28)26-22(34)15-7-3-2-4-8-15/h2-10,13,16,21H,11-12H2,1H3,(H,25,31)(H,26,34)(H,32,33)/t16-,21?/m0/s1. The highest BCUT2D eigenvalue weighted by atomic mass is 16.4. The van der Waals surface area contributed by atoms with Crippen LogP contribution < -0.4 is 20.4 Å². The van der Waals surface area contributed by atoms with E-state index in [1.807, 2.05) is 0 Å². The van der Waals surface area contributed by atoms with Gasteiger partial charge in [0.1, 0.15) is 12.8 Å². The topological polar surface area (TPSA) is 170 Å². The number of amides is 4. The molecule has 0 saturated carbocycles. The van der Waals surface area contributed by atoms with Crippen molar-refractivity contribution in [3.8, 4) is 0 Å². The summed E-state index contributed by atoms with van der Waals surface area (Å²) in [6.45, 7) is 0.368.